The highest BCUT2D eigenvalue weighted by Gasteiger charge is 2.16. The number of benzene rings is 1. The number of nitro groups is 1. The molecule has 0 fully saturated rings. The Morgan fingerprint density at radius 2 is 2.28 bits per heavy atom. The van der Waals surface area contributed by atoms with E-state index in [9.17, 15) is 10.1 Å². The molecule has 0 spiro atoms. The summed E-state index contributed by atoms with van der Waals surface area (Å²) >= 11 is 5.83. The van der Waals surface area contributed by atoms with Crippen molar-refractivity contribution < 1.29 is 4.92 Å². The van der Waals surface area contributed by atoms with Crippen LogP contribution in [-0.2, 0) is 0 Å². The van der Waals surface area contributed by atoms with Crippen molar-refractivity contribution in [2.75, 3.05) is 5.73 Å². The van der Waals surface area contributed by atoms with Crippen molar-refractivity contribution in [3.63, 3.8) is 0 Å². The summed E-state index contributed by atoms with van der Waals surface area (Å²) < 4.78 is 1.53. The Kier molecular flexibility index (Phi) is 3.20. The van der Waals surface area contributed by atoms with Gasteiger partial charge in [-0.05, 0) is 12.5 Å². The second-order valence-electron chi connectivity index (χ2n) is 3.85. The van der Waals surface area contributed by atoms with Crippen LogP contribution in [0.2, 0.25) is 5.02 Å². The maximum Gasteiger partial charge on any atom is 0.269 e. The molecular formula is C11H11ClN4O2. The first kappa shape index (κ1) is 12.4. The SMILES string of the molecule is CC(c1cccc([N+](=O)[O-])c1)n1ncc(Cl)c1N. The third-order valence-electron chi connectivity index (χ3n) is 2.72. The van der Waals surface area contributed by atoms with Crippen LogP contribution in [-0.4, -0.2) is 14.7 Å². The van der Waals surface area contributed by atoms with Gasteiger partial charge in [-0.3, -0.25) is 10.1 Å². The number of nitrogen functional groups attached to an aromatic ring is 1. The number of anilines is 1. The van der Waals surface area contributed by atoms with E-state index in [0.717, 1.165) is 5.56 Å². The molecule has 0 amide bonds. The number of hydrogen-bond donors (Lipinski definition) is 1. The maximum absolute atomic E-state index is 10.7. The summed E-state index contributed by atoms with van der Waals surface area (Å²) in [6, 6.07) is 6.13. The zero-order chi connectivity index (χ0) is 13.3. The molecule has 0 radical (unpaired) electrons. The topological polar surface area (TPSA) is 87.0 Å². The fraction of sp³-hybridized carbons (Fsp3) is 0.182. The third-order valence-corrected chi connectivity index (χ3v) is 3.01. The van der Waals surface area contributed by atoms with Gasteiger partial charge in [-0.25, -0.2) is 4.68 Å². The van der Waals surface area contributed by atoms with E-state index in [0.29, 0.717) is 10.8 Å². The molecule has 2 rings (SSSR count). The maximum atomic E-state index is 10.7. The Morgan fingerprint density at radius 1 is 1.56 bits per heavy atom. The van der Waals surface area contributed by atoms with Gasteiger partial charge in [0.1, 0.15) is 10.8 Å². The Hall–Kier alpha value is -2.08. The minimum absolute atomic E-state index is 0.0381. The molecule has 0 bridgehead atoms. The first-order valence-electron chi connectivity index (χ1n) is 5.23. The fourth-order valence-corrected chi connectivity index (χ4v) is 1.83. The number of aromatic nitrogens is 2. The molecule has 18 heavy (non-hydrogen) atoms. The van der Waals surface area contributed by atoms with Gasteiger partial charge in [0.05, 0.1) is 17.2 Å². The molecule has 0 aliphatic rings. The summed E-state index contributed by atoms with van der Waals surface area (Å²) in [4.78, 5) is 10.3. The van der Waals surface area contributed by atoms with Gasteiger partial charge in [-0.1, -0.05) is 23.7 Å². The smallest absolute Gasteiger partial charge is 0.269 e. The van der Waals surface area contributed by atoms with Crippen LogP contribution in [0, 0.1) is 10.1 Å². The molecule has 2 N–H and O–H groups in total. The van der Waals surface area contributed by atoms with Gasteiger partial charge in [-0.15, -0.1) is 0 Å². The van der Waals surface area contributed by atoms with E-state index in [1.807, 2.05) is 6.92 Å². The van der Waals surface area contributed by atoms with Crippen molar-refractivity contribution in [2.24, 2.45) is 0 Å². The van der Waals surface area contributed by atoms with Crippen LogP contribution in [0.4, 0.5) is 11.5 Å². The second kappa shape index (κ2) is 4.66. The van der Waals surface area contributed by atoms with E-state index in [1.54, 1.807) is 12.1 Å². The highest BCUT2D eigenvalue weighted by molar-refractivity contribution is 6.32. The van der Waals surface area contributed by atoms with Crippen molar-refractivity contribution in [3.05, 3.63) is 51.2 Å². The molecular weight excluding hydrogens is 256 g/mol. The van der Waals surface area contributed by atoms with Gasteiger partial charge in [-0.2, -0.15) is 5.10 Å². The zero-order valence-electron chi connectivity index (χ0n) is 9.58. The standard InChI is InChI=1S/C11H11ClN4O2/c1-7(15-11(13)10(12)6-14-15)8-3-2-4-9(5-8)16(17)18/h2-7H,13H2,1H3. The molecule has 1 aromatic heterocycles. The molecule has 1 aromatic carbocycles. The van der Waals surface area contributed by atoms with E-state index in [1.165, 1.54) is 23.0 Å². The van der Waals surface area contributed by atoms with Crippen LogP contribution < -0.4 is 5.73 Å². The normalized spacial score (nSPS) is 12.3. The predicted octanol–water partition coefficient (Wildman–Crippen LogP) is 2.64. The Balaban J connectivity index is 2.40. The van der Waals surface area contributed by atoms with Crippen LogP contribution in [0.15, 0.2) is 30.5 Å². The van der Waals surface area contributed by atoms with Crippen LogP contribution in [0.3, 0.4) is 0 Å². The molecule has 0 saturated carbocycles. The summed E-state index contributed by atoms with van der Waals surface area (Å²) in [5.74, 6) is 0.343. The number of nitrogens with zero attached hydrogens (tertiary/aromatic N) is 3. The van der Waals surface area contributed by atoms with Gasteiger partial charge >= 0.3 is 0 Å². The van der Waals surface area contributed by atoms with Crippen LogP contribution in [0.25, 0.3) is 0 Å². The average Bonchev–Trinajstić information content (AvgIpc) is 2.69. The van der Waals surface area contributed by atoms with E-state index < -0.39 is 4.92 Å². The van der Waals surface area contributed by atoms with Crippen molar-refractivity contribution in [1.82, 2.24) is 9.78 Å². The molecule has 0 aliphatic carbocycles. The lowest BCUT2D eigenvalue weighted by atomic mass is 10.1. The molecule has 2 aromatic rings. The third kappa shape index (κ3) is 2.14. The van der Waals surface area contributed by atoms with Gasteiger partial charge < -0.3 is 5.73 Å². The Labute approximate surface area is 108 Å². The minimum Gasteiger partial charge on any atom is -0.383 e. The van der Waals surface area contributed by atoms with E-state index in [-0.39, 0.29) is 11.7 Å². The number of hydrogen-bond acceptors (Lipinski definition) is 4. The number of nitro benzene ring substituents is 1. The molecule has 7 heteroatoms. The van der Waals surface area contributed by atoms with Crippen LogP contribution in [0.5, 0.6) is 0 Å². The number of non-ortho nitro benzene ring substituents is 1. The van der Waals surface area contributed by atoms with Crippen LogP contribution in [0.1, 0.15) is 18.5 Å². The van der Waals surface area contributed by atoms with Crippen molar-refractivity contribution in [2.45, 2.75) is 13.0 Å². The van der Waals surface area contributed by atoms with Crippen molar-refractivity contribution in [3.8, 4) is 0 Å². The van der Waals surface area contributed by atoms with E-state index in [4.69, 9.17) is 17.3 Å². The number of halogens is 1. The Bertz CT molecular complexity index is 596. The summed E-state index contributed by atoms with van der Waals surface area (Å²) in [7, 11) is 0. The fourth-order valence-electron chi connectivity index (χ4n) is 1.70. The molecule has 0 aliphatic heterocycles. The van der Waals surface area contributed by atoms with Gasteiger partial charge in [0, 0.05) is 12.1 Å². The van der Waals surface area contributed by atoms with Gasteiger partial charge in [0.25, 0.3) is 5.69 Å². The highest BCUT2D eigenvalue weighted by atomic mass is 35.5. The molecule has 6 nitrogen and oxygen atoms in total. The molecule has 0 saturated heterocycles. The molecule has 1 heterocycles. The number of rotatable bonds is 3. The van der Waals surface area contributed by atoms with Crippen molar-refractivity contribution in [1.29, 1.82) is 0 Å². The molecule has 1 unspecified atom stereocenters. The van der Waals surface area contributed by atoms with Gasteiger partial charge in [0.2, 0.25) is 0 Å². The summed E-state index contributed by atoms with van der Waals surface area (Å²) in [5.41, 5.74) is 6.56. The first-order valence-corrected chi connectivity index (χ1v) is 5.61. The quantitative estimate of drug-likeness (QED) is 0.683. The summed E-state index contributed by atoms with van der Waals surface area (Å²) in [5, 5.41) is 15.1. The second-order valence-corrected chi connectivity index (χ2v) is 4.26. The van der Waals surface area contributed by atoms with E-state index >= 15 is 0 Å². The summed E-state index contributed by atoms with van der Waals surface area (Å²) in [6.07, 6.45) is 1.45. The minimum atomic E-state index is -0.435. The number of nitrogens with two attached hydrogens (primary N) is 1. The van der Waals surface area contributed by atoms with Gasteiger partial charge in [0.15, 0.2) is 0 Å². The van der Waals surface area contributed by atoms with Crippen molar-refractivity contribution >= 4 is 23.1 Å². The highest BCUT2D eigenvalue weighted by Crippen LogP contribution is 2.27. The molecule has 94 valence electrons. The first-order chi connectivity index (χ1) is 8.50. The lowest BCUT2D eigenvalue weighted by molar-refractivity contribution is -0.384. The summed E-state index contributed by atoms with van der Waals surface area (Å²) in [6.45, 7) is 1.85. The lowest BCUT2D eigenvalue weighted by Gasteiger charge is -2.14. The monoisotopic (exact) mass is 266 g/mol. The largest absolute Gasteiger partial charge is 0.383 e. The zero-order valence-corrected chi connectivity index (χ0v) is 10.3. The van der Waals surface area contributed by atoms with E-state index in [2.05, 4.69) is 5.10 Å². The average molecular weight is 267 g/mol. The Morgan fingerprint density at radius 3 is 2.83 bits per heavy atom. The predicted molar refractivity (Wildman–Crippen MR) is 68.6 cm³/mol. The van der Waals surface area contributed by atoms with Crippen LogP contribution >= 0.6 is 11.6 Å². The lowest BCUT2D eigenvalue weighted by Crippen LogP contribution is -2.11. The molecule has 1 atom stereocenters.